The first-order chi connectivity index (χ1) is 21.3. The lowest BCUT2D eigenvalue weighted by molar-refractivity contribution is 0.0741. The second-order valence-corrected chi connectivity index (χ2v) is 12.4. The van der Waals surface area contributed by atoms with E-state index >= 15 is 0 Å². The largest absolute Gasteiger partial charge is 0.507 e. The van der Waals surface area contributed by atoms with Crippen molar-refractivity contribution in [3.8, 4) is 34.5 Å². The number of ether oxygens (including phenoxy) is 4. The quantitative estimate of drug-likeness (QED) is 0.113. The molecule has 10 heteroatoms. The Bertz CT molecular complexity index is 2170. The Morgan fingerprint density at radius 1 is 0.978 bits per heavy atom. The molecule has 234 valence electrons. The van der Waals surface area contributed by atoms with Gasteiger partial charge in [0.1, 0.15) is 34.2 Å². The van der Waals surface area contributed by atoms with Crippen LogP contribution in [0.2, 0.25) is 0 Å². The predicted octanol–water partition coefficient (Wildman–Crippen LogP) is 6.38. The normalized spacial score (nSPS) is 15.9. The first kappa shape index (κ1) is 29.9. The molecule has 3 aromatic carbocycles. The van der Waals surface area contributed by atoms with E-state index in [1.54, 1.807) is 18.2 Å². The van der Waals surface area contributed by atoms with E-state index in [0.29, 0.717) is 56.8 Å². The molecule has 0 bridgehead atoms. The molecule has 45 heavy (non-hydrogen) atoms. The van der Waals surface area contributed by atoms with Crippen molar-refractivity contribution >= 4 is 32.8 Å². The summed E-state index contributed by atoms with van der Waals surface area (Å²) in [5.41, 5.74) is -0.235. The fourth-order valence-electron chi connectivity index (χ4n) is 6.59. The zero-order valence-electron chi connectivity index (χ0n) is 26.2. The van der Waals surface area contributed by atoms with Crippen LogP contribution in [0, 0.1) is 0 Å². The molecule has 0 radical (unpaired) electrons. The molecule has 6 rings (SSSR count). The van der Waals surface area contributed by atoms with Crippen molar-refractivity contribution in [2.75, 3.05) is 21.3 Å². The molecule has 0 fully saturated rings. The highest BCUT2D eigenvalue weighted by molar-refractivity contribution is 6.01. The second-order valence-electron chi connectivity index (χ2n) is 12.4. The molecule has 0 saturated carbocycles. The number of methoxy groups -OCH3 is 3. The summed E-state index contributed by atoms with van der Waals surface area (Å²) in [5, 5.41) is 23.8. The SMILES string of the molecule is C=CC(C)(C)c1c2c(c(O)c3ccc(=O)oc13)C(c1c(OC)cc(O)c3c(=O)c4ccc(OC)c(OC)c4[nH]c13)CC(C)(C)O2. The molecule has 0 amide bonds. The van der Waals surface area contributed by atoms with Gasteiger partial charge in [0.05, 0.1) is 48.5 Å². The van der Waals surface area contributed by atoms with Crippen LogP contribution >= 0.6 is 0 Å². The van der Waals surface area contributed by atoms with E-state index in [9.17, 15) is 19.8 Å². The van der Waals surface area contributed by atoms with Crippen LogP contribution in [0.4, 0.5) is 0 Å². The van der Waals surface area contributed by atoms with E-state index in [-0.39, 0.29) is 33.6 Å². The van der Waals surface area contributed by atoms with E-state index in [1.807, 2.05) is 27.7 Å². The number of benzene rings is 3. The van der Waals surface area contributed by atoms with Gasteiger partial charge in [-0.3, -0.25) is 4.79 Å². The molecular weight excluding hydrogens is 578 g/mol. The Morgan fingerprint density at radius 3 is 2.31 bits per heavy atom. The van der Waals surface area contributed by atoms with Crippen molar-refractivity contribution < 1.29 is 33.6 Å². The van der Waals surface area contributed by atoms with Crippen molar-refractivity contribution in [3.05, 3.63) is 80.3 Å². The van der Waals surface area contributed by atoms with Crippen molar-refractivity contribution in [1.29, 1.82) is 0 Å². The number of phenolic OH excluding ortho intramolecular Hbond substituents is 2. The number of pyridine rings is 1. The van der Waals surface area contributed by atoms with Crippen LogP contribution in [-0.2, 0) is 5.41 Å². The molecule has 2 aromatic heterocycles. The van der Waals surface area contributed by atoms with Crippen molar-refractivity contribution in [3.63, 3.8) is 0 Å². The topological polar surface area (TPSA) is 140 Å². The minimum atomic E-state index is -0.813. The predicted molar refractivity (Wildman–Crippen MR) is 172 cm³/mol. The number of allylic oxidation sites excluding steroid dienone is 1. The lowest BCUT2D eigenvalue weighted by atomic mass is 9.73. The van der Waals surface area contributed by atoms with Crippen molar-refractivity contribution in [2.45, 2.75) is 51.0 Å². The van der Waals surface area contributed by atoms with Gasteiger partial charge < -0.3 is 38.6 Å². The molecule has 1 atom stereocenters. The van der Waals surface area contributed by atoms with E-state index in [4.69, 9.17) is 23.4 Å². The molecule has 0 saturated heterocycles. The molecular formula is C35H35NO9. The highest BCUT2D eigenvalue weighted by atomic mass is 16.5. The highest BCUT2D eigenvalue weighted by Crippen LogP contribution is 2.57. The molecule has 0 aliphatic carbocycles. The van der Waals surface area contributed by atoms with Crippen LogP contribution in [0.5, 0.6) is 34.5 Å². The summed E-state index contributed by atoms with van der Waals surface area (Å²) in [6.45, 7) is 11.7. The fraction of sp³-hybridized carbons (Fsp3) is 0.314. The summed E-state index contributed by atoms with van der Waals surface area (Å²) >= 11 is 0. The lowest BCUT2D eigenvalue weighted by Gasteiger charge is -2.41. The van der Waals surface area contributed by atoms with Gasteiger partial charge in [-0.25, -0.2) is 4.79 Å². The standard InChI is InChI=1S/C35H35NO9/c1-9-34(2,3)26-31-17(11-13-22(38)44-31)30(40)24-18(15-35(4,5)45-33(24)26)23-21(42-7)14-19(37)25-28(23)36-27-16(29(25)39)10-12-20(41-6)32(27)43-8/h9-14,18,37,40H,1,15H2,2-8H3,(H,36,39). The first-order valence-electron chi connectivity index (χ1n) is 14.4. The summed E-state index contributed by atoms with van der Waals surface area (Å²) in [7, 11) is 4.45. The number of fused-ring (bicyclic) bond motifs is 4. The van der Waals surface area contributed by atoms with Gasteiger partial charge in [0.2, 0.25) is 5.43 Å². The molecule has 3 heterocycles. The lowest BCUT2D eigenvalue weighted by Crippen LogP contribution is -2.37. The zero-order chi connectivity index (χ0) is 32.6. The van der Waals surface area contributed by atoms with Gasteiger partial charge in [-0.2, -0.15) is 0 Å². The van der Waals surface area contributed by atoms with Gasteiger partial charge in [-0.05, 0) is 38.5 Å². The van der Waals surface area contributed by atoms with E-state index < -0.39 is 28.0 Å². The third-order valence-corrected chi connectivity index (χ3v) is 8.76. The highest BCUT2D eigenvalue weighted by Gasteiger charge is 2.44. The Hall–Kier alpha value is -5.12. The summed E-state index contributed by atoms with van der Waals surface area (Å²) in [5.74, 6) is 0.302. The Kier molecular flexibility index (Phi) is 6.80. The Labute approximate surface area is 258 Å². The van der Waals surface area contributed by atoms with Gasteiger partial charge in [0.25, 0.3) is 0 Å². The van der Waals surface area contributed by atoms with Crippen LogP contribution < -0.4 is 30.0 Å². The minimum absolute atomic E-state index is 0.0503. The second kappa shape index (κ2) is 10.2. The number of nitrogens with one attached hydrogen (secondary N) is 1. The molecule has 0 spiro atoms. The Morgan fingerprint density at radius 2 is 1.67 bits per heavy atom. The number of aromatic amines is 1. The minimum Gasteiger partial charge on any atom is -0.507 e. The number of H-pyrrole nitrogens is 1. The third-order valence-electron chi connectivity index (χ3n) is 8.76. The summed E-state index contributed by atoms with van der Waals surface area (Å²) in [6, 6.07) is 7.43. The summed E-state index contributed by atoms with van der Waals surface area (Å²) < 4.78 is 29.3. The molecule has 1 aliphatic heterocycles. The number of hydrogen-bond donors (Lipinski definition) is 3. The molecule has 1 aliphatic rings. The van der Waals surface area contributed by atoms with Gasteiger partial charge in [-0.15, -0.1) is 6.58 Å². The van der Waals surface area contributed by atoms with Crippen LogP contribution in [0.3, 0.4) is 0 Å². The molecule has 1 unspecified atom stereocenters. The maximum absolute atomic E-state index is 14.0. The van der Waals surface area contributed by atoms with Crippen LogP contribution in [-0.4, -0.2) is 42.1 Å². The Balaban J connectivity index is 1.84. The van der Waals surface area contributed by atoms with Crippen LogP contribution in [0.25, 0.3) is 32.8 Å². The van der Waals surface area contributed by atoms with Crippen molar-refractivity contribution in [1.82, 2.24) is 4.98 Å². The summed E-state index contributed by atoms with van der Waals surface area (Å²) in [4.78, 5) is 29.8. The van der Waals surface area contributed by atoms with E-state index in [2.05, 4.69) is 11.6 Å². The smallest absolute Gasteiger partial charge is 0.336 e. The van der Waals surface area contributed by atoms with Crippen LogP contribution in [0.1, 0.15) is 56.7 Å². The fourth-order valence-corrected chi connectivity index (χ4v) is 6.59. The average molecular weight is 614 g/mol. The zero-order valence-corrected chi connectivity index (χ0v) is 26.2. The summed E-state index contributed by atoms with van der Waals surface area (Å²) in [6.07, 6.45) is 2.07. The average Bonchev–Trinajstić information content (AvgIpc) is 2.99. The van der Waals surface area contributed by atoms with Crippen LogP contribution in [0.15, 0.2) is 57.0 Å². The molecule has 10 nitrogen and oxygen atoms in total. The maximum atomic E-state index is 14.0. The van der Waals surface area contributed by atoms with Crippen molar-refractivity contribution in [2.24, 2.45) is 0 Å². The van der Waals surface area contributed by atoms with Gasteiger partial charge in [0.15, 0.2) is 11.5 Å². The number of hydrogen-bond acceptors (Lipinski definition) is 9. The maximum Gasteiger partial charge on any atom is 0.336 e. The van der Waals surface area contributed by atoms with E-state index in [0.717, 1.165) is 0 Å². The van der Waals surface area contributed by atoms with Gasteiger partial charge in [-0.1, -0.05) is 19.9 Å². The number of aromatic nitrogens is 1. The number of phenols is 2. The number of aromatic hydroxyl groups is 2. The van der Waals surface area contributed by atoms with Gasteiger partial charge in [0, 0.05) is 40.2 Å². The third kappa shape index (κ3) is 4.38. The van der Waals surface area contributed by atoms with Gasteiger partial charge >= 0.3 is 5.63 Å². The monoisotopic (exact) mass is 613 g/mol. The van der Waals surface area contributed by atoms with E-state index in [1.165, 1.54) is 39.5 Å². The molecule has 5 aromatic rings. The number of rotatable bonds is 6. The first-order valence-corrected chi connectivity index (χ1v) is 14.4. The molecule has 3 N–H and O–H groups in total.